The highest BCUT2D eigenvalue weighted by Gasteiger charge is 2.52. The zero-order valence-corrected chi connectivity index (χ0v) is 33.6. The van der Waals surface area contributed by atoms with Gasteiger partial charge in [-0.3, -0.25) is 4.98 Å². The molecular weight excluding hydrogens is 755 g/mol. The monoisotopic (exact) mass is 791 g/mol. The number of hydrogen-bond acceptors (Lipinski definition) is 4. The fourth-order valence-corrected chi connectivity index (χ4v) is 9.79. The molecule has 0 amide bonds. The Kier molecular flexibility index (Phi) is 8.36. The number of nitrogens with zero attached hydrogens (tertiary/aromatic N) is 3. The van der Waals surface area contributed by atoms with E-state index >= 15 is 0 Å². The number of ether oxygens (including phenoxy) is 1. The lowest BCUT2D eigenvalue weighted by Crippen LogP contribution is -2.32. The van der Waals surface area contributed by atoms with Crippen molar-refractivity contribution in [3.05, 3.63) is 247 Å². The maximum absolute atomic E-state index is 6.67. The van der Waals surface area contributed by atoms with Crippen molar-refractivity contribution >= 4 is 0 Å². The van der Waals surface area contributed by atoms with Crippen molar-refractivity contribution < 1.29 is 4.74 Å². The smallest absolute Gasteiger partial charge is 0.160 e. The van der Waals surface area contributed by atoms with Crippen LogP contribution in [0.4, 0.5) is 0 Å². The lowest BCUT2D eigenvalue weighted by molar-refractivity contribution is 0.436. The number of aromatic nitrogens is 3. The van der Waals surface area contributed by atoms with Gasteiger partial charge in [0.05, 0.1) is 16.8 Å². The Morgan fingerprint density at radius 1 is 0.323 bits per heavy atom. The Morgan fingerprint density at radius 3 is 1.34 bits per heavy atom. The topological polar surface area (TPSA) is 47.9 Å². The molecule has 2 aliphatic rings. The molecule has 1 aliphatic heterocycles. The first kappa shape index (κ1) is 35.7. The first-order valence-electron chi connectivity index (χ1n) is 21.0. The standard InChI is InChI=1S/C58H37N3O/c1-3-15-39(16-4-1)51-37-52(40-17-5-2-6-18-40)61-57(60-51)44-22-12-20-42(36-44)41-19-11-21-43(35-41)46-24-14-28-50-56(46)55-45(38-31-33-59-34-32-38)23-13-27-49(55)58(50)47-25-7-9-29-53(47)62-54-30-10-8-26-48(54)58/h1-37H. The van der Waals surface area contributed by atoms with Gasteiger partial charge in [-0.25, -0.2) is 9.97 Å². The van der Waals surface area contributed by atoms with Gasteiger partial charge in [-0.15, -0.1) is 0 Å². The van der Waals surface area contributed by atoms with E-state index in [0.29, 0.717) is 5.82 Å². The van der Waals surface area contributed by atoms with Gasteiger partial charge in [0.1, 0.15) is 11.5 Å². The Balaban J connectivity index is 1.04. The van der Waals surface area contributed by atoms with Crippen LogP contribution in [0, 0.1) is 0 Å². The first-order chi connectivity index (χ1) is 30.7. The van der Waals surface area contributed by atoms with Crippen LogP contribution >= 0.6 is 0 Å². The third-order valence-corrected chi connectivity index (χ3v) is 12.5. The molecule has 0 fully saturated rings. The molecule has 0 saturated carbocycles. The van der Waals surface area contributed by atoms with Gasteiger partial charge in [0.15, 0.2) is 5.82 Å². The molecule has 1 aliphatic carbocycles. The van der Waals surface area contributed by atoms with E-state index in [-0.39, 0.29) is 0 Å². The molecular formula is C58H37N3O. The van der Waals surface area contributed by atoms with Crippen molar-refractivity contribution in [2.45, 2.75) is 5.41 Å². The molecule has 0 unspecified atom stereocenters. The summed E-state index contributed by atoms with van der Waals surface area (Å²) in [6.45, 7) is 0. The number of hydrogen-bond donors (Lipinski definition) is 0. The lowest BCUT2D eigenvalue weighted by atomic mass is 9.66. The highest BCUT2D eigenvalue weighted by atomic mass is 16.5. The SMILES string of the molecule is c1ccc(-c2cc(-c3ccccc3)nc(-c3cccc(-c4cccc(-c5cccc6c5-c5c(-c7ccncc7)cccc5C65c6ccccc6Oc6ccccc65)c4)c3)n2)cc1. The fourth-order valence-electron chi connectivity index (χ4n) is 9.79. The Hall–Kier alpha value is -8.21. The van der Waals surface area contributed by atoms with Gasteiger partial charge in [-0.2, -0.15) is 0 Å². The van der Waals surface area contributed by atoms with E-state index in [1.165, 1.54) is 33.4 Å². The fraction of sp³-hybridized carbons (Fsp3) is 0.0172. The molecule has 0 bridgehead atoms. The lowest BCUT2D eigenvalue weighted by Gasteiger charge is -2.39. The molecule has 3 heterocycles. The molecule has 4 heteroatoms. The summed E-state index contributed by atoms with van der Waals surface area (Å²) in [7, 11) is 0. The molecule has 62 heavy (non-hydrogen) atoms. The Bertz CT molecular complexity index is 3220. The second-order valence-corrected chi connectivity index (χ2v) is 15.9. The number of benzene rings is 8. The first-order valence-corrected chi connectivity index (χ1v) is 21.0. The minimum atomic E-state index is -0.603. The summed E-state index contributed by atoms with van der Waals surface area (Å²) >= 11 is 0. The molecule has 4 nitrogen and oxygen atoms in total. The Morgan fingerprint density at radius 2 is 0.758 bits per heavy atom. The van der Waals surface area contributed by atoms with E-state index in [4.69, 9.17) is 14.7 Å². The van der Waals surface area contributed by atoms with E-state index in [1.54, 1.807) is 0 Å². The maximum Gasteiger partial charge on any atom is 0.160 e. The summed E-state index contributed by atoms with van der Waals surface area (Å²) in [5, 5.41) is 0. The van der Waals surface area contributed by atoms with Crippen LogP contribution in [0.2, 0.25) is 0 Å². The van der Waals surface area contributed by atoms with E-state index in [9.17, 15) is 0 Å². The molecule has 0 atom stereocenters. The van der Waals surface area contributed by atoms with Gasteiger partial charge in [0.2, 0.25) is 0 Å². The largest absolute Gasteiger partial charge is 0.457 e. The van der Waals surface area contributed by atoms with Crippen molar-refractivity contribution in [1.82, 2.24) is 15.0 Å². The van der Waals surface area contributed by atoms with E-state index in [2.05, 4.69) is 205 Å². The van der Waals surface area contributed by atoms with Gasteiger partial charge in [-0.05, 0) is 98.1 Å². The van der Waals surface area contributed by atoms with Gasteiger partial charge in [0, 0.05) is 40.2 Å². The molecule has 0 N–H and O–H groups in total. The van der Waals surface area contributed by atoms with Crippen LogP contribution in [-0.2, 0) is 5.41 Å². The summed E-state index contributed by atoms with van der Waals surface area (Å²) in [6.07, 6.45) is 3.77. The zero-order valence-electron chi connectivity index (χ0n) is 33.6. The van der Waals surface area contributed by atoms with Crippen LogP contribution in [0.25, 0.3) is 78.4 Å². The van der Waals surface area contributed by atoms with Crippen molar-refractivity contribution in [3.63, 3.8) is 0 Å². The minimum Gasteiger partial charge on any atom is -0.457 e. The van der Waals surface area contributed by atoms with Gasteiger partial charge in [0.25, 0.3) is 0 Å². The summed E-state index contributed by atoms with van der Waals surface area (Å²) in [5.74, 6) is 2.44. The van der Waals surface area contributed by atoms with Crippen molar-refractivity contribution in [2.24, 2.45) is 0 Å². The summed E-state index contributed by atoms with van der Waals surface area (Å²) < 4.78 is 6.67. The van der Waals surface area contributed by atoms with Crippen LogP contribution in [0.1, 0.15) is 22.3 Å². The molecule has 8 aromatic carbocycles. The minimum absolute atomic E-state index is 0.603. The van der Waals surface area contributed by atoms with Crippen molar-refractivity contribution in [1.29, 1.82) is 0 Å². The molecule has 12 rings (SSSR count). The molecule has 10 aromatic rings. The van der Waals surface area contributed by atoms with E-state index in [0.717, 1.165) is 73.0 Å². The van der Waals surface area contributed by atoms with Crippen LogP contribution in [-0.4, -0.2) is 15.0 Å². The quantitative estimate of drug-likeness (QED) is 0.168. The average molecular weight is 792 g/mol. The molecule has 0 saturated heterocycles. The Labute approximate surface area is 360 Å². The van der Waals surface area contributed by atoms with Gasteiger partial charge >= 0.3 is 0 Å². The van der Waals surface area contributed by atoms with Crippen molar-refractivity contribution in [3.8, 4) is 89.9 Å². The van der Waals surface area contributed by atoms with Gasteiger partial charge < -0.3 is 4.74 Å². The number of fused-ring (bicyclic) bond motifs is 9. The predicted molar refractivity (Wildman–Crippen MR) is 250 cm³/mol. The zero-order chi connectivity index (χ0) is 41.0. The number of para-hydroxylation sites is 2. The molecule has 290 valence electrons. The third-order valence-electron chi connectivity index (χ3n) is 12.5. The van der Waals surface area contributed by atoms with Crippen LogP contribution in [0.5, 0.6) is 11.5 Å². The molecule has 2 aromatic heterocycles. The normalized spacial score (nSPS) is 12.8. The van der Waals surface area contributed by atoms with Crippen molar-refractivity contribution in [2.75, 3.05) is 0 Å². The third kappa shape index (κ3) is 5.65. The number of rotatable bonds is 6. The van der Waals surface area contributed by atoms with Crippen LogP contribution in [0.15, 0.2) is 225 Å². The number of pyridine rings is 1. The summed E-state index contributed by atoms with van der Waals surface area (Å²) in [5.41, 5.74) is 18.3. The summed E-state index contributed by atoms with van der Waals surface area (Å²) in [6, 6.07) is 75.3. The summed E-state index contributed by atoms with van der Waals surface area (Å²) in [4.78, 5) is 14.7. The molecule has 1 spiro atoms. The predicted octanol–water partition coefficient (Wildman–Crippen LogP) is 14.3. The van der Waals surface area contributed by atoms with E-state index < -0.39 is 5.41 Å². The molecule has 0 radical (unpaired) electrons. The highest BCUT2D eigenvalue weighted by molar-refractivity contribution is 6.02. The van der Waals surface area contributed by atoms with Gasteiger partial charge in [-0.1, -0.05) is 170 Å². The second kappa shape index (κ2) is 14.5. The maximum atomic E-state index is 6.67. The average Bonchev–Trinajstić information content (AvgIpc) is 3.65. The van der Waals surface area contributed by atoms with Crippen LogP contribution in [0.3, 0.4) is 0 Å². The van der Waals surface area contributed by atoms with Crippen LogP contribution < -0.4 is 4.74 Å². The highest BCUT2D eigenvalue weighted by Crippen LogP contribution is 2.64. The van der Waals surface area contributed by atoms with E-state index in [1.807, 2.05) is 24.5 Å². The second-order valence-electron chi connectivity index (χ2n) is 15.9.